The molecule has 3 amide bonds. The maximum Gasteiger partial charge on any atom is 0.407 e. The lowest BCUT2D eigenvalue weighted by Gasteiger charge is -2.36. The van der Waals surface area contributed by atoms with Gasteiger partial charge in [-0.3, -0.25) is 14.4 Å². The van der Waals surface area contributed by atoms with E-state index in [4.69, 9.17) is 9.57 Å². The quantitative estimate of drug-likeness (QED) is 0.858. The van der Waals surface area contributed by atoms with Crippen LogP contribution in [0.3, 0.4) is 0 Å². The van der Waals surface area contributed by atoms with E-state index in [1.165, 1.54) is 0 Å². The second kappa shape index (κ2) is 5.90. The molecule has 7 heteroatoms. The van der Waals surface area contributed by atoms with Gasteiger partial charge in [0.1, 0.15) is 5.60 Å². The Morgan fingerprint density at radius 2 is 1.67 bits per heavy atom. The van der Waals surface area contributed by atoms with Crippen molar-refractivity contribution in [3.8, 4) is 0 Å². The second-order valence-corrected chi connectivity index (χ2v) is 6.99. The summed E-state index contributed by atoms with van der Waals surface area (Å²) in [6.45, 7) is 5.38. The molecule has 0 aromatic heterocycles. The molecule has 7 nitrogen and oxygen atoms in total. The molecular formula is C17H20N2O5. The molecule has 0 atom stereocenters. The number of rotatable bonds is 3. The summed E-state index contributed by atoms with van der Waals surface area (Å²) in [5.74, 6) is -0.890. The predicted molar refractivity (Wildman–Crippen MR) is 84.2 cm³/mol. The summed E-state index contributed by atoms with van der Waals surface area (Å²) in [7, 11) is 0. The number of alkyl carbamates (subject to hydrolysis) is 1. The predicted octanol–water partition coefficient (Wildman–Crippen LogP) is 2.27. The van der Waals surface area contributed by atoms with Gasteiger partial charge < -0.3 is 10.1 Å². The summed E-state index contributed by atoms with van der Waals surface area (Å²) in [5, 5.41) is 3.56. The van der Waals surface area contributed by atoms with Gasteiger partial charge in [0.15, 0.2) is 0 Å². The highest BCUT2D eigenvalue weighted by Crippen LogP contribution is 2.29. The molecule has 1 aromatic carbocycles. The van der Waals surface area contributed by atoms with Crippen molar-refractivity contribution < 1.29 is 24.0 Å². The molecule has 0 radical (unpaired) electrons. The first kappa shape index (κ1) is 16.4. The van der Waals surface area contributed by atoms with E-state index in [-0.39, 0.29) is 12.1 Å². The van der Waals surface area contributed by atoms with Crippen LogP contribution in [0.5, 0.6) is 0 Å². The molecule has 1 aliphatic carbocycles. The average molecular weight is 332 g/mol. The zero-order valence-corrected chi connectivity index (χ0v) is 13.9. The molecule has 0 saturated heterocycles. The summed E-state index contributed by atoms with van der Waals surface area (Å²) < 4.78 is 5.18. The minimum atomic E-state index is -0.552. The van der Waals surface area contributed by atoms with Gasteiger partial charge >= 0.3 is 6.09 Å². The zero-order valence-electron chi connectivity index (χ0n) is 13.9. The average Bonchev–Trinajstić information content (AvgIpc) is 2.68. The third-order valence-electron chi connectivity index (χ3n) is 3.83. The largest absolute Gasteiger partial charge is 0.444 e. The van der Waals surface area contributed by atoms with Crippen LogP contribution in [0.2, 0.25) is 0 Å². The van der Waals surface area contributed by atoms with Gasteiger partial charge in [-0.25, -0.2) is 4.79 Å². The van der Waals surface area contributed by atoms with Crippen LogP contribution in [0.25, 0.3) is 0 Å². The summed E-state index contributed by atoms with van der Waals surface area (Å²) >= 11 is 0. The molecule has 128 valence electrons. The first-order valence-electron chi connectivity index (χ1n) is 7.89. The van der Waals surface area contributed by atoms with E-state index in [0.29, 0.717) is 24.0 Å². The van der Waals surface area contributed by atoms with Gasteiger partial charge in [-0.05, 0) is 45.7 Å². The highest BCUT2D eigenvalue weighted by atomic mass is 16.7. The lowest BCUT2D eigenvalue weighted by atomic mass is 9.89. The van der Waals surface area contributed by atoms with E-state index in [2.05, 4.69) is 5.32 Å². The molecule has 1 aliphatic heterocycles. The van der Waals surface area contributed by atoms with Gasteiger partial charge in [-0.1, -0.05) is 12.1 Å². The number of carbonyl (C=O) groups is 3. The van der Waals surface area contributed by atoms with E-state index in [9.17, 15) is 14.4 Å². The summed E-state index contributed by atoms with van der Waals surface area (Å²) in [6, 6.07) is 6.54. The van der Waals surface area contributed by atoms with Gasteiger partial charge in [0.2, 0.25) is 0 Å². The van der Waals surface area contributed by atoms with Gasteiger partial charge in [0, 0.05) is 6.04 Å². The number of fused-ring (bicyclic) bond motifs is 1. The van der Waals surface area contributed by atoms with Crippen molar-refractivity contribution in [2.45, 2.75) is 51.4 Å². The van der Waals surface area contributed by atoms with E-state index in [1.54, 1.807) is 45.0 Å². The molecular weight excluding hydrogens is 312 g/mol. The number of hydrogen-bond acceptors (Lipinski definition) is 5. The fourth-order valence-electron chi connectivity index (χ4n) is 2.66. The van der Waals surface area contributed by atoms with E-state index in [1.807, 2.05) is 0 Å². The van der Waals surface area contributed by atoms with Crippen LogP contribution < -0.4 is 5.32 Å². The molecule has 1 aromatic rings. The number of amides is 3. The monoisotopic (exact) mass is 332 g/mol. The van der Waals surface area contributed by atoms with Gasteiger partial charge in [0.25, 0.3) is 11.8 Å². The van der Waals surface area contributed by atoms with Crippen LogP contribution in [0.15, 0.2) is 24.3 Å². The van der Waals surface area contributed by atoms with Crippen LogP contribution in [0.4, 0.5) is 4.79 Å². The highest BCUT2D eigenvalue weighted by molar-refractivity contribution is 6.20. The van der Waals surface area contributed by atoms with Gasteiger partial charge in [-0.2, -0.15) is 0 Å². The molecule has 1 saturated carbocycles. The summed E-state index contributed by atoms with van der Waals surface area (Å²) in [6.07, 6.45) is 0.276. The number of ether oxygens (including phenoxy) is 1. The highest BCUT2D eigenvalue weighted by Gasteiger charge is 2.41. The van der Waals surface area contributed by atoms with E-state index >= 15 is 0 Å². The lowest BCUT2D eigenvalue weighted by molar-refractivity contribution is -0.161. The van der Waals surface area contributed by atoms with Crippen LogP contribution in [-0.2, 0) is 9.57 Å². The minimum Gasteiger partial charge on any atom is -0.444 e. The Balaban J connectivity index is 1.50. The Kier molecular flexibility index (Phi) is 4.04. The number of benzene rings is 1. The van der Waals surface area contributed by atoms with Crippen molar-refractivity contribution in [2.24, 2.45) is 0 Å². The van der Waals surface area contributed by atoms with Crippen LogP contribution in [0, 0.1) is 0 Å². The zero-order chi connectivity index (χ0) is 17.5. The molecule has 24 heavy (non-hydrogen) atoms. The van der Waals surface area contributed by atoms with Crippen molar-refractivity contribution in [1.82, 2.24) is 10.4 Å². The standard InChI is InChI=1S/C17H20N2O5/c1-17(2,3)23-16(22)18-10-8-11(9-10)24-19-14(20)12-6-4-5-7-13(12)15(19)21/h4-7,10-11H,8-9H2,1-3H3,(H,18,22). The molecule has 3 rings (SSSR count). The molecule has 0 spiro atoms. The van der Waals surface area contributed by atoms with Crippen molar-refractivity contribution in [3.05, 3.63) is 35.4 Å². The summed E-state index contributed by atoms with van der Waals surface area (Å²) in [5.41, 5.74) is 0.152. The SMILES string of the molecule is CC(C)(C)OC(=O)NC1CC(ON2C(=O)c3ccccc3C2=O)C1. The van der Waals surface area contributed by atoms with Crippen LogP contribution in [-0.4, -0.2) is 40.7 Å². The van der Waals surface area contributed by atoms with E-state index in [0.717, 1.165) is 5.06 Å². The van der Waals surface area contributed by atoms with Crippen molar-refractivity contribution in [3.63, 3.8) is 0 Å². The van der Waals surface area contributed by atoms with Crippen molar-refractivity contribution in [1.29, 1.82) is 0 Å². The number of hydrogen-bond donors (Lipinski definition) is 1. The number of nitrogens with zero attached hydrogens (tertiary/aromatic N) is 1. The maximum atomic E-state index is 12.2. The molecule has 0 unspecified atom stereocenters. The molecule has 2 aliphatic rings. The Bertz CT molecular complexity index is 653. The Labute approximate surface area is 139 Å². The lowest BCUT2D eigenvalue weighted by Crippen LogP contribution is -2.51. The minimum absolute atomic E-state index is 0.0833. The maximum absolute atomic E-state index is 12.2. The fraction of sp³-hybridized carbons (Fsp3) is 0.471. The van der Waals surface area contributed by atoms with Crippen molar-refractivity contribution >= 4 is 17.9 Å². The molecule has 0 bridgehead atoms. The molecule has 1 N–H and O–H groups in total. The Morgan fingerprint density at radius 1 is 1.12 bits per heavy atom. The fourth-order valence-corrected chi connectivity index (χ4v) is 2.66. The molecule has 1 fully saturated rings. The topological polar surface area (TPSA) is 84.9 Å². The number of carbonyl (C=O) groups excluding carboxylic acids is 3. The van der Waals surface area contributed by atoms with Gasteiger partial charge in [0.05, 0.1) is 17.2 Å². The van der Waals surface area contributed by atoms with Crippen LogP contribution >= 0.6 is 0 Å². The number of hydroxylamine groups is 2. The molecule has 1 heterocycles. The van der Waals surface area contributed by atoms with Gasteiger partial charge in [-0.15, -0.1) is 5.06 Å². The van der Waals surface area contributed by atoms with E-state index < -0.39 is 23.5 Å². The third-order valence-corrected chi connectivity index (χ3v) is 3.83. The van der Waals surface area contributed by atoms with Crippen molar-refractivity contribution in [2.75, 3.05) is 0 Å². The first-order chi connectivity index (χ1) is 11.2. The third kappa shape index (κ3) is 3.26. The van der Waals surface area contributed by atoms with Crippen LogP contribution in [0.1, 0.15) is 54.3 Å². The number of nitrogens with one attached hydrogen (secondary N) is 1. The Hall–Kier alpha value is -2.41. The number of imide groups is 1. The Morgan fingerprint density at radius 3 is 2.17 bits per heavy atom. The second-order valence-electron chi connectivity index (χ2n) is 6.99. The smallest absolute Gasteiger partial charge is 0.407 e. The summed E-state index contributed by atoms with van der Waals surface area (Å²) in [4.78, 5) is 41.6. The normalized spacial score (nSPS) is 22.9. The first-order valence-corrected chi connectivity index (χ1v) is 7.89.